The number of hydrogen-bond donors (Lipinski definition) is 0. The van der Waals surface area contributed by atoms with Gasteiger partial charge in [-0.3, -0.25) is 0 Å². The minimum Gasteiger partial charge on any atom is -0.106 e. The molecule has 0 fully saturated rings. The molecule has 0 aliphatic heterocycles. The summed E-state index contributed by atoms with van der Waals surface area (Å²) >= 11 is 0. The van der Waals surface area contributed by atoms with Crippen LogP contribution in [0, 0.1) is 20.8 Å². The number of benzene rings is 1. The van der Waals surface area contributed by atoms with Crippen LogP contribution in [0.5, 0.6) is 0 Å². The van der Waals surface area contributed by atoms with Gasteiger partial charge in [0.25, 0.3) is 0 Å². The van der Waals surface area contributed by atoms with Gasteiger partial charge in [-0.1, -0.05) is 23.8 Å². The third-order valence-electron chi connectivity index (χ3n) is 1.66. The molecule has 0 saturated heterocycles. The van der Waals surface area contributed by atoms with Crippen molar-refractivity contribution in [1.82, 2.24) is 0 Å². The van der Waals surface area contributed by atoms with Gasteiger partial charge in [0.05, 0.1) is 0 Å². The minimum absolute atomic E-state index is 0. The smallest absolute Gasteiger partial charge is 0 e. The predicted molar refractivity (Wildman–Crippen MR) is 54.0 cm³/mol. The summed E-state index contributed by atoms with van der Waals surface area (Å²) in [5, 5.41) is 0. The van der Waals surface area contributed by atoms with Crippen molar-refractivity contribution in [3.63, 3.8) is 0 Å². The van der Waals surface area contributed by atoms with Crippen molar-refractivity contribution in [1.29, 1.82) is 0 Å². The molecule has 0 heteroatoms. The van der Waals surface area contributed by atoms with Crippen LogP contribution in [0.2, 0.25) is 0 Å². The Kier molecular flexibility index (Phi) is 4.28. The van der Waals surface area contributed by atoms with E-state index in [0.717, 1.165) is 0 Å². The van der Waals surface area contributed by atoms with Gasteiger partial charge in [0.15, 0.2) is 0 Å². The van der Waals surface area contributed by atoms with E-state index in [-0.39, 0.29) is 1.43 Å². The zero-order valence-corrected chi connectivity index (χ0v) is 7.65. The van der Waals surface area contributed by atoms with Crippen LogP contribution in [0.15, 0.2) is 31.4 Å². The van der Waals surface area contributed by atoms with Crippen molar-refractivity contribution < 1.29 is 1.43 Å². The highest BCUT2D eigenvalue weighted by atomic mass is 13.9. The molecule has 0 nitrogen and oxygen atoms in total. The SMILES string of the molecule is C=C.Cc1ccc(C)c(C)c1.[HH]. The summed E-state index contributed by atoms with van der Waals surface area (Å²) < 4.78 is 0. The first kappa shape index (κ1) is 9.96. The van der Waals surface area contributed by atoms with E-state index < -0.39 is 0 Å². The maximum Gasteiger partial charge on any atom is 0 e. The van der Waals surface area contributed by atoms with Crippen LogP contribution >= 0.6 is 0 Å². The fourth-order valence-corrected chi connectivity index (χ4v) is 0.891. The Hall–Kier alpha value is -1.04. The highest BCUT2D eigenvalue weighted by Crippen LogP contribution is 2.07. The van der Waals surface area contributed by atoms with E-state index >= 15 is 0 Å². The van der Waals surface area contributed by atoms with E-state index in [1.807, 2.05) is 0 Å². The van der Waals surface area contributed by atoms with E-state index in [0.29, 0.717) is 0 Å². The maximum atomic E-state index is 3.00. The Morgan fingerprint density at radius 2 is 1.55 bits per heavy atom. The molecule has 0 radical (unpaired) electrons. The molecule has 0 N–H and O–H groups in total. The summed E-state index contributed by atoms with van der Waals surface area (Å²) in [6.07, 6.45) is 0. The molecule has 0 aromatic heterocycles. The molecule has 0 aliphatic rings. The monoisotopic (exact) mass is 150 g/mol. The lowest BCUT2D eigenvalue weighted by Gasteiger charge is -1.98. The lowest BCUT2D eigenvalue weighted by atomic mass is 10.1. The fraction of sp³-hybridized carbons (Fsp3) is 0.273. The number of aryl methyl sites for hydroxylation is 3. The van der Waals surface area contributed by atoms with Crippen molar-refractivity contribution in [2.75, 3.05) is 0 Å². The average molecular weight is 150 g/mol. The van der Waals surface area contributed by atoms with E-state index in [2.05, 4.69) is 52.1 Å². The number of rotatable bonds is 0. The van der Waals surface area contributed by atoms with Crippen LogP contribution in [0.1, 0.15) is 18.1 Å². The van der Waals surface area contributed by atoms with Gasteiger partial charge < -0.3 is 0 Å². The molecule has 0 atom stereocenters. The second-order valence-electron chi connectivity index (χ2n) is 2.59. The molecule has 11 heavy (non-hydrogen) atoms. The van der Waals surface area contributed by atoms with Gasteiger partial charge in [-0.2, -0.15) is 0 Å². The summed E-state index contributed by atoms with van der Waals surface area (Å²) in [6.45, 7) is 12.4. The Morgan fingerprint density at radius 1 is 1.00 bits per heavy atom. The molecule has 1 rings (SSSR count). The maximum absolute atomic E-state index is 3.00. The average Bonchev–Trinajstić information content (AvgIpc) is 2.02. The van der Waals surface area contributed by atoms with Crippen LogP contribution < -0.4 is 0 Å². The van der Waals surface area contributed by atoms with Crippen molar-refractivity contribution in [2.24, 2.45) is 0 Å². The third-order valence-corrected chi connectivity index (χ3v) is 1.66. The van der Waals surface area contributed by atoms with Gasteiger partial charge in [0.1, 0.15) is 0 Å². The van der Waals surface area contributed by atoms with Crippen LogP contribution in [0.4, 0.5) is 0 Å². The summed E-state index contributed by atoms with van der Waals surface area (Å²) in [5.41, 5.74) is 4.11. The standard InChI is InChI=1S/C9H12.C2H4.H2/c1-7-4-5-8(2)9(3)6-7;1-2;/h4-6H,1-3H3;1-2H2;1H. The molecule has 0 unspecified atom stereocenters. The highest BCUT2D eigenvalue weighted by molar-refractivity contribution is 5.28. The summed E-state index contributed by atoms with van der Waals surface area (Å²) in [5.74, 6) is 0. The van der Waals surface area contributed by atoms with Gasteiger partial charge in [-0.15, -0.1) is 13.2 Å². The molecular weight excluding hydrogens is 132 g/mol. The zero-order valence-electron chi connectivity index (χ0n) is 7.65. The summed E-state index contributed by atoms with van der Waals surface area (Å²) in [6, 6.07) is 6.50. The highest BCUT2D eigenvalue weighted by Gasteiger charge is 1.89. The molecule has 62 valence electrons. The predicted octanol–water partition coefficient (Wildman–Crippen LogP) is 3.66. The number of hydrogen-bond acceptors (Lipinski definition) is 0. The Labute approximate surface area is 71.1 Å². The van der Waals surface area contributed by atoms with E-state index in [1.165, 1.54) is 16.7 Å². The zero-order chi connectivity index (χ0) is 8.85. The first-order chi connectivity index (χ1) is 5.20. The summed E-state index contributed by atoms with van der Waals surface area (Å²) in [7, 11) is 0. The van der Waals surface area contributed by atoms with Crippen molar-refractivity contribution in [3.8, 4) is 0 Å². The molecule has 0 bridgehead atoms. The molecule has 0 heterocycles. The topological polar surface area (TPSA) is 0 Å². The van der Waals surface area contributed by atoms with Crippen LogP contribution in [0.3, 0.4) is 0 Å². The van der Waals surface area contributed by atoms with Gasteiger partial charge >= 0.3 is 0 Å². The molecule has 0 spiro atoms. The normalized spacial score (nSPS) is 8.27. The molecule has 0 amide bonds. The second-order valence-corrected chi connectivity index (χ2v) is 2.59. The van der Waals surface area contributed by atoms with Crippen LogP contribution in [-0.2, 0) is 0 Å². The Bertz CT molecular complexity index is 228. The van der Waals surface area contributed by atoms with E-state index in [4.69, 9.17) is 0 Å². The third kappa shape index (κ3) is 3.03. The van der Waals surface area contributed by atoms with Crippen LogP contribution in [0.25, 0.3) is 0 Å². The molecular formula is C11H18. The van der Waals surface area contributed by atoms with E-state index in [9.17, 15) is 0 Å². The largest absolute Gasteiger partial charge is 0.106 e. The van der Waals surface area contributed by atoms with Crippen molar-refractivity contribution in [2.45, 2.75) is 20.8 Å². The van der Waals surface area contributed by atoms with Gasteiger partial charge in [0, 0.05) is 1.43 Å². The molecule has 0 saturated carbocycles. The Balaban J connectivity index is 0. The van der Waals surface area contributed by atoms with Crippen molar-refractivity contribution in [3.05, 3.63) is 48.0 Å². The second kappa shape index (κ2) is 4.73. The lowest BCUT2D eigenvalue weighted by Crippen LogP contribution is -1.79. The van der Waals surface area contributed by atoms with Gasteiger partial charge in [-0.05, 0) is 31.9 Å². The first-order valence-electron chi connectivity index (χ1n) is 3.74. The molecule has 0 aliphatic carbocycles. The van der Waals surface area contributed by atoms with Gasteiger partial charge in [0.2, 0.25) is 0 Å². The first-order valence-corrected chi connectivity index (χ1v) is 3.74. The van der Waals surface area contributed by atoms with E-state index in [1.54, 1.807) is 0 Å². The molecule has 1 aromatic carbocycles. The van der Waals surface area contributed by atoms with Gasteiger partial charge in [-0.25, -0.2) is 0 Å². The Morgan fingerprint density at radius 3 is 1.91 bits per heavy atom. The van der Waals surface area contributed by atoms with Crippen molar-refractivity contribution >= 4 is 0 Å². The fourth-order valence-electron chi connectivity index (χ4n) is 0.891. The lowest BCUT2D eigenvalue weighted by molar-refractivity contribution is 1.30. The minimum atomic E-state index is 0. The van der Waals surface area contributed by atoms with Crippen LogP contribution in [-0.4, -0.2) is 0 Å². The summed E-state index contributed by atoms with van der Waals surface area (Å²) in [4.78, 5) is 0. The quantitative estimate of drug-likeness (QED) is 0.495. The molecule has 1 aromatic rings.